The summed E-state index contributed by atoms with van der Waals surface area (Å²) in [5, 5.41) is 9.14. The Kier molecular flexibility index (Phi) is 4.17. The normalized spacial score (nSPS) is 18.6. The monoisotopic (exact) mass is 296 g/mol. The van der Waals surface area contributed by atoms with Crippen LogP contribution in [-0.4, -0.2) is 28.0 Å². The summed E-state index contributed by atoms with van der Waals surface area (Å²) in [5.74, 6) is 0.579. The molecule has 0 aliphatic carbocycles. The van der Waals surface area contributed by atoms with E-state index in [0.29, 0.717) is 12.3 Å². The van der Waals surface area contributed by atoms with Crippen molar-refractivity contribution < 1.29 is 0 Å². The maximum absolute atomic E-state index is 9.14. The smallest absolute Gasteiger partial charge is 0.0931 e. The van der Waals surface area contributed by atoms with Crippen molar-refractivity contribution in [2.75, 3.05) is 13.1 Å². The number of aromatic nitrogens is 2. The molecule has 22 heavy (non-hydrogen) atoms. The number of hydrogen-bond acceptors (Lipinski definition) is 3. The minimum atomic E-state index is 0.221. The molecule has 116 valence electrons. The van der Waals surface area contributed by atoms with E-state index < -0.39 is 0 Å². The lowest BCUT2D eigenvalue weighted by Gasteiger charge is -2.43. The van der Waals surface area contributed by atoms with Crippen LogP contribution in [0.3, 0.4) is 0 Å². The number of fused-ring (bicyclic) bond motifs is 1. The van der Waals surface area contributed by atoms with Gasteiger partial charge in [0.25, 0.3) is 0 Å². The van der Waals surface area contributed by atoms with Crippen molar-refractivity contribution in [3.63, 3.8) is 0 Å². The molecule has 1 aliphatic heterocycles. The lowest BCUT2D eigenvalue weighted by molar-refractivity contribution is 0.0617. The van der Waals surface area contributed by atoms with Crippen LogP contribution in [-0.2, 0) is 6.54 Å². The summed E-state index contributed by atoms with van der Waals surface area (Å²) < 4.78 is 0. The Morgan fingerprint density at radius 3 is 2.82 bits per heavy atom. The molecule has 2 aromatic rings. The Labute approximate surface area is 132 Å². The average Bonchev–Trinajstić information content (AvgIpc) is 2.97. The zero-order valence-electron chi connectivity index (χ0n) is 13.5. The van der Waals surface area contributed by atoms with E-state index in [1.807, 2.05) is 0 Å². The number of likely N-dealkylation sites (tertiary alicyclic amines) is 1. The fourth-order valence-corrected chi connectivity index (χ4v) is 3.61. The molecular weight excluding hydrogens is 272 g/mol. The first-order valence-electron chi connectivity index (χ1n) is 8.14. The van der Waals surface area contributed by atoms with Crippen LogP contribution in [0.1, 0.15) is 38.7 Å². The molecule has 1 saturated heterocycles. The highest BCUT2D eigenvalue weighted by atomic mass is 15.1. The van der Waals surface area contributed by atoms with E-state index in [2.05, 4.69) is 53.0 Å². The number of benzene rings is 1. The first-order valence-corrected chi connectivity index (χ1v) is 8.14. The predicted molar refractivity (Wildman–Crippen MR) is 88.1 cm³/mol. The molecule has 1 aromatic heterocycles. The third kappa shape index (κ3) is 2.86. The van der Waals surface area contributed by atoms with Gasteiger partial charge >= 0.3 is 0 Å². The predicted octanol–water partition coefficient (Wildman–Crippen LogP) is 3.71. The van der Waals surface area contributed by atoms with Gasteiger partial charge in [-0.3, -0.25) is 4.90 Å². The van der Waals surface area contributed by atoms with E-state index in [1.54, 1.807) is 6.33 Å². The molecule has 4 heteroatoms. The zero-order chi connectivity index (χ0) is 15.6. The molecule has 3 rings (SSSR count). The number of piperidine rings is 1. The Bertz CT molecular complexity index is 672. The Balaban J connectivity index is 1.65. The minimum Gasteiger partial charge on any atom is -0.345 e. The quantitative estimate of drug-likeness (QED) is 0.935. The number of aromatic amines is 1. The number of nitrogens with one attached hydrogen (secondary N) is 1. The van der Waals surface area contributed by atoms with E-state index >= 15 is 0 Å². The van der Waals surface area contributed by atoms with E-state index in [-0.39, 0.29) is 5.41 Å². The van der Waals surface area contributed by atoms with Crippen molar-refractivity contribution in [2.24, 2.45) is 11.3 Å². The van der Waals surface area contributed by atoms with Crippen LogP contribution in [0.25, 0.3) is 11.0 Å². The molecule has 2 heterocycles. The summed E-state index contributed by atoms with van der Waals surface area (Å²) in [6.07, 6.45) is 4.70. The second kappa shape index (κ2) is 6.10. The first kappa shape index (κ1) is 15.1. The number of imidazole rings is 1. The largest absolute Gasteiger partial charge is 0.345 e. The van der Waals surface area contributed by atoms with Crippen LogP contribution >= 0.6 is 0 Å². The van der Waals surface area contributed by atoms with Crippen molar-refractivity contribution in [2.45, 2.75) is 39.7 Å². The molecule has 0 unspecified atom stereocenters. The Morgan fingerprint density at radius 2 is 2.14 bits per heavy atom. The van der Waals surface area contributed by atoms with Crippen LogP contribution in [0.2, 0.25) is 0 Å². The third-order valence-corrected chi connectivity index (χ3v) is 5.40. The van der Waals surface area contributed by atoms with Crippen molar-refractivity contribution >= 4 is 11.0 Å². The van der Waals surface area contributed by atoms with Gasteiger partial charge in [0.15, 0.2) is 0 Å². The molecule has 0 atom stereocenters. The van der Waals surface area contributed by atoms with Crippen LogP contribution in [0, 0.1) is 22.7 Å². The summed E-state index contributed by atoms with van der Waals surface area (Å²) >= 11 is 0. The van der Waals surface area contributed by atoms with Gasteiger partial charge in [0.1, 0.15) is 0 Å². The second-order valence-electron chi connectivity index (χ2n) is 6.88. The number of rotatable bonds is 4. The number of nitrogens with zero attached hydrogens (tertiary/aromatic N) is 3. The van der Waals surface area contributed by atoms with Crippen molar-refractivity contribution in [3.05, 3.63) is 30.1 Å². The van der Waals surface area contributed by atoms with Crippen LogP contribution in [0.5, 0.6) is 0 Å². The number of H-pyrrole nitrogens is 1. The van der Waals surface area contributed by atoms with Gasteiger partial charge in [-0.25, -0.2) is 4.98 Å². The van der Waals surface area contributed by atoms with Crippen molar-refractivity contribution in [1.82, 2.24) is 14.9 Å². The molecular formula is C18H24N4. The standard InChI is InChI=1S/C18H24N4/c1-14(2)18(5-8-19)6-9-22(10-7-18)12-15-3-4-16-17(11-15)21-13-20-16/h3-4,11,13-14H,5-7,9-10,12H2,1-2H3,(H,20,21). The SMILES string of the molecule is CC(C)C1(CC#N)CCN(Cc2ccc3nc[nH]c3c2)CC1. The second-order valence-corrected chi connectivity index (χ2v) is 6.88. The van der Waals surface area contributed by atoms with Gasteiger partial charge in [0.2, 0.25) is 0 Å². The summed E-state index contributed by atoms with van der Waals surface area (Å²) in [6.45, 7) is 7.68. The van der Waals surface area contributed by atoms with Gasteiger partial charge in [-0.2, -0.15) is 5.26 Å². The third-order valence-electron chi connectivity index (χ3n) is 5.40. The number of nitriles is 1. The highest BCUT2D eigenvalue weighted by Gasteiger charge is 2.37. The fraction of sp³-hybridized carbons (Fsp3) is 0.556. The Hall–Kier alpha value is -1.86. The topological polar surface area (TPSA) is 55.7 Å². The molecule has 0 saturated carbocycles. The summed E-state index contributed by atoms with van der Waals surface area (Å²) in [6, 6.07) is 8.86. The van der Waals surface area contributed by atoms with Gasteiger partial charge < -0.3 is 4.98 Å². The molecule has 0 radical (unpaired) electrons. The maximum Gasteiger partial charge on any atom is 0.0931 e. The van der Waals surface area contributed by atoms with Crippen LogP contribution < -0.4 is 0 Å². The Morgan fingerprint density at radius 1 is 1.36 bits per heavy atom. The highest BCUT2D eigenvalue weighted by Crippen LogP contribution is 2.41. The summed E-state index contributed by atoms with van der Waals surface area (Å²) in [5.41, 5.74) is 3.68. The lowest BCUT2D eigenvalue weighted by Crippen LogP contribution is -2.42. The molecule has 1 aromatic carbocycles. The van der Waals surface area contributed by atoms with E-state index in [4.69, 9.17) is 5.26 Å². The highest BCUT2D eigenvalue weighted by molar-refractivity contribution is 5.74. The first-order chi connectivity index (χ1) is 10.6. The van der Waals surface area contributed by atoms with Crippen LogP contribution in [0.15, 0.2) is 24.5 Å². The van der Waals surface area contributed by atoms with Gasteiger partial charge in [-0.15, -0.1) is 0 Å². The van der Waals surface area contributed by atoms with Gasteiger partial charge in [-0.05, 0) is 55.0 Å². The van der Waals surface area contributed by atoms with Gasteiger partial charge in [-0.1, -0.05) is 19.9 Å². The number of hydrogen-bond donors (Lipinski definition) is 1. The van der Waals surface area contributed by atoms with E-state index in [1.165, 1.54) is 5.56 Å². The van der Waals surface area contributed by atoms with Gasteiger partial charge in [0, 0.05) is 13.0 Å². The van der Waals surface area contributed by atoms with Crippen molar-refractivity contribution in [3.8, 4) is 6.07 Å². The van der Waals surface area contributed by atoms with E-state index in [0.717, 1.165) is 43.5 Å². The molecule has 0 bridgehead atoms. The molecule has 1 N–H and O–H groups in total. The van der Waals surface area contributed by atoms with Gasteiger partial charge in [0.05, 0.1) is 23.4 Å². The zero-order valence-corrected chi connectivity index (χ0v) is 13.5. The van der Waals surface area contributed by atoms with Crippen molar-refractivity contribution in [1.29, 1.82) is 5.26 Å². The minimum absolute atomic E-state index is 0.221. The maximum atomic E-state index is 9.14. The molecule has 1 aliphatic rings. The molecule has 0 spiro atoms. The molecule has 0 amide bonds. The fourth-order valence-electron chi connectivity index (χ4n) is 3.61. The summed E-state index contributed by atoms with van der Waals surface area (Å²) in [7, 11) is 0. The average molecular weight is 296 g/mol. The van der Waals surface area contributed by atoms with E-state index in [9.17, 15) is 0 Å². The summed E-state index contributed by atoms with van der Waals surface area (Å²) in [4.78, 5) is 9.95. The lowest BCUT2D eigenvalue weighted by atomic mass is 9.68. The molecule has 1 fully saturated rings. The molecule has 4 nitrogen and oxygen atoms in total. The van der Waals surface area contributed by atoms with Crippen LogP contribution in [0.4, 0.5) is 0 Å².